The van der Waals surface area contributed by atoms with E-state index in [1.165, 1.54) is 17.7 Å². The molecule has 0 saturated carbocycles. The zero-order valence-corrected chi connectivity index (χ0v) is 14.6. The van der Waals surface area contributed by atoms with Gasteiger partial charge in [0.2, 0.25) is 11.0 Å². The molecule has 1 amide bonds. The predicted molar refractivity (Wildman–Crippen MR) is 98.1 cm³/mol. The monoisotopic (exact) mass is 366 g/mol. The number of hydrogen-bond acceptors (Lipinski definition) is 7. The van der Waals surface area contributed by atoms with Gasteiger partial charge in [-0.3, -0.25) is 4.79 Å². The summed E-state index contributed by atoms with van der Waals surface area (Å²) in [5, 5.41) is 13.0. The summed E-state index contributed by atoms with van der Waals surface area (Å²) in [5.74, 6) is 0.554. The van der Waals surface area contributed by atoms with Crippen molar-refractivity contribution in [1.29, 1.82) is 0 Å². The SMILES string of the molecule is COc1cccc(CC(=O)Nc2nnc(-c3c[nH]c4ncncc34)s2)c1. The quantitative estimate of drug-likeness (QED) is 0.562. The van der Waals surface area contributed by atoms with Crippen LogP contribution in [0.15, 0.2) is 43.0 Å². The summed E-state index contributed by atoms with van der Waals surface area (Å²) in [6, 6.07) is 7.39. The van der Waals surface area contributed by atoms with Gasteiger partial charge in [-0.2, -0.15) is 0 Å². The molecule has 0 bridgehead atoms. The fourth-order valence-corrected chi connectivity index (χ4v) is 3.34. The maximum absolute atomic E-state index is 12.3. The van der Waals surface area contributed by atoms with Gasteiger partial charge in [0.15, 0.2) is 5.01 Å². The fourth-order valence-electron chi connectivity index (χ4n) is 2.55. The molecule has 4 rings (SSSR count). The van der Waals surface area contributed by atoms with Crippen molar-refractivity contribution in [2.45, 2.75) is 6.42 Å². The van der Waals surface area contributed by atoms with Crippen LogP contribution in [0.3, 0.4) is 0 Å². The van der Waals surface area contributed by atoms with Crippen molar-refractivity contribution in [2.75, 3.05) is 12.4 Å². The highest BCUT2D eigenvalue weighted by atomic mass is 32.1. The van der Waals surface area contributed by atoms with Gasteiger partial charge >= 0.3 is 0 Å². The number of methoxy groups -OCH3 is 1. The van der Waals surface area contributed by atoms with Crippen LogP contribution in [0.2, 0.25) is 0 Å². The van der Waals surface area contributed by atoms with E-state index in [1.54, 1.807) is 13.3 Å². The lowest BCUT2D eigenvalue weighted by Crippen LogP contribution is -2.14. The van der Waals surface area contributed by atoms with E-state index in [0.29, 0.717) is 10.1 Å². The molecule has 130 valence electrons. The second kappa shape index (κ2) is 6.89. The molecule has 1 aromatic carbocycles. The van der Waals surface area contributed by atoms with Crippen molar-refractivity contribution >= 4 is 33.4 Å². The standard InChI is InChI=1S/C17H14N6O2S/c1-25-11-4-2-3-10(5-11)6-14(24)21-17-23-22-16(26-17)13-8-19-15-12(13)7-18-9-20-15/h2-5,7-9H,6H2,1H3,(H,18,19,20)(H,21,23,24). The summed E-state index contributed by atoms with van der Waals surface area (Å²) in [7, 11) is 1.59. The largest absolute Gasteiger partial charge is 0.497 e. The molecule has 0 aliphatic carbocycles. The molecule has 0 atom stereocenters. The molecule has 0 radical (unpaired) electrons. The maximum Gasteiger partial charge on any atom is 0.230 e. The van der Waals surface area contributed by atoms with Crippen molar-refractivity contribution in [3.63, 3.8) is 0 Å². The highest BCUT2D eigenvalue weighted by Crippen LogP contribution is 2.31. The van der Waals surface area contributed by atoms with E-state index in [1.807, 2.05) is 30.5 Å². The molecular formula is C17H14N6O2S. The van der Waals surface area contributed by atoms with E-state index in [9.17, 15) is 4.79 Å². The molecule has 9 heteroatoms. The number of hydrogen-bond donors (Lipinski definition) is 2. The lowest BCUT2D eigenvalue weighted by atomic mass is 10.1. The molecular weight excluding hydrogens is 352 g/mol. The summed E-state index contributed by atoms with van der Waals surface area (Å²) in [6.45, 7) is 0. The highest BCUT2D eigenvalue weighted by molar-refractivity contribution is 7.18. The van der Waals surface area contributed by atoms with Crippen LogP contribution in [0.1, 0.15) is 5.56 Å². The van der Waals surface area contributed by atoms with Crippen LogP contribution in [-0.2, 0) is 11.2 Å². The molecule has 3 heterocycles. The smallest absolute Gasteiger partial charge is 0.230 e. The number of carbonyl (C=O) groups is 1. The Labute approximate surface area is 152 Å². The highest BCUT2D eigenvalue weighted by Gasteiger charge is 2.14. The first-order valence-corrected chi connectivity index (χ1v) is 8.58. The Morgan fingerprint density at radius 2 is 2.27 bits per heavy atom. The minimum Gasteiger partial charge on any atom is -0.497 e. The first-order chi connectivity index (χ1) is 12.7. The number of fused-ring (bicyclic) bond motifs is 1. The first-order valence-electron chi connectivity index (χ1n) is 7.76. The van der Waals surface area contributed by atoms with Gasteiger partial charge in [0.1, 0.15) is 17.7 Å². The van der Waals surface area contributed by atoms with E-state index in [4.69, 9.17) is 4.74 Å². The molecule has 0 spiro atoms. The fraction of sp³-hybridized carbons (Fsp3) is 0.118. The molecule has 0 aliphatic heterocycles. The molecule has 3 aromatic heterocycles. The summed E-state index contributed by atoms with van der Waals surface area (Å²) in [5.41, 5.74) is 2.44. The van der Waals surface area contributed by atoms with Crippen LogP contribution in [0.4, 0.5) is 5.13 Å². The average Bonchev–Trinajstić information content (AvgIpc) is 3.28. The molecule has 2 N–H and O–H groups in total. The molecule has 26 heavy (non-hydrogen) atoms. The summed E-state index contributed by atoms with van der Waals surface area (Å²) < 4.78 is 5.17. The van der Waals surface area contributed by atoms with Crippen molar-refractivity contribution in [1.82, 2.24) is 25.1 Å². The minimum absolute atomic E-state index is 0.164. The topological polar surface area (TPSA) is 106 Å². The van der Waals surface area contributed by atoms with E-state index >= 15 is 0 Å². The lowest BCUT2D eigenvalue weighted by Gasteiger charge is -2.04. The van der Waals surface area contributed by atoms with Gasteiger partial charge < -0.3 is 15.0 Å². The number of benzene rings is 1. The number of rotatable bonds is 5. The maximum atomic E-state index is 12.3. The van der Waals surface area contributed by atoms with E-state index in [2.05, 4.69) is 30.5 Å². The zero-order valence-electron chi connectivity index (χ0n) is 13.8. The third kappa shape index (κ3) is 3.24. The average molecular weight is 366 g/mol. The van der Waals surface area contributed by atoms with E-state index in [0.717, 1.165) is 27.9 Å². The summed E-state index contributed by atoms with van der Waals surface area (Å²) >= 11 is 1.30. The van der Waals surface area contributed by atoms with Gasteiger partial charge in [0, 0.05) is 23.3 Å². The minimum atomic E-state index is -0.164. The van der Waals surface area contributed by atoms with Gasteiger partial charge in [-0.15, -0.1) is 10.2 Å². The lowest BCUT2D eigenvalue weighted by molar-refractivity contribution is -0.115. The number of aromatic amines is 1. The Bertz CT molecular complexity index is 1070. The number of nitrogens with one attached hydrogen (secondary N) is 2. The summed E-state index contributed by atoms with van der Waals surface area (Å²) in [6.07, 6.45) is 5.23. The third-order valence-electron chi connectivity index (χ3n) is 3.76. The third-order valence-corrected chi connectivity index (χ3v) is 4.63. The van der Waals surface area contributed by atoms with Crippen LogP contribution in [0.25, 0.3) is 21.6 Å². The number of aromatic nitrogens is 5. The zero-order chi connectivity index (χ0) is 17.9. The molecule has 0 aliphatic rings. The molecule has 8 nitrogen and oxygen atoms in total. The molecule has 0 unspecified atom stereocenters. The normalized spacial score (nSPS) is 10.8. The Balaban J connectivity index is 1.49. The number of nitrogens with zero attached hydrogens (tertiary/aromatic N) is 4. The van der Waals surface area contributed by atoms with E-state index in [-0.39, 0.29) is 12.3 Å². The van der Waals surface area contributed by atoms with Crippen molar-refractivity contribution in [2.24, 2.45) is 0 Å². The van der Waals surface area contributed by atoms with Crippen molar-refractivity contribution in [3.8, 4) is 16.3 Å². The van der Waals surface area contributed by atoms with E-state index < -0.39 is 0 Å². The van der Waals surface area contributed by atoms with Gasteiger partial charge in [-0.05, 0) is 17.7 Å². The molecule has 0 fully saturated rings. The Hall–Kier alpha value is -3.33. The number of carbonyl (C=O) groups excluding carboxylic acids is 1. The first kappa shape index (κ1) is 16.2. The number of H-pyrrole nitrogens is 1. The molecule has 4 aromatic rings. The van der Waals surface area contributed by atoms with Crippen LogP contribution >= 0.6 is 11.3 Å². The Morgan fingerprint density at radius 3 is 3.15 bits per heavy atom. The summed E-state index contributed by atoms with van der Waals surface area (Å²) in [4.78, 5) is 23.5. The van der Waals surface area contributed by atoms with Crippen LogP contribution < -0.4 is 10.1 Å². The van der Waals surface area contributed by atoms with Crippen molar-refractivity contribution in [3.05, 3.63) is 48.5 Å². The number of ether oxygens (including phenoxy) is 1. The van der Waals surface area contributed by atoms with Crippen LogP contribution in [-0.4, -0.2) is 38.2 Å². The predicted octanol–water partition coefficient (Wildman–Crippen LogP) is 2.67. The Kier molecular flexibility index (Phi) is 4.28. The number of amides is 1. The van der Waals surface area contributed by atoms with Crippen molar-refractivity contribution < 1.29 is 9.53 Å². The van der Waals surface area contributed by atoms with Gasteiger partial charge in [-0.25, -0.2) is 9.97 Å². The molecule has 0 saturated heterocycles. The van der Waals surface area contributed by atoms with Gasteiger partial charge in [0.25, 0.3) is 0 Å². The Morgan fingerprint density at radius 1 is 1.35 bits per heavy atom. The van der Waals surface area contributed by atoms with Crippen LogP contribution in [0, 0.1) is 0 Å². The van der Waals surface area contributed by atoms with Crippen LogP contribution in [0.5, 0.6) is 5.75 Å². The number of anilines is 1. The van der Waals surface area contributed by atoms with Gasteiger partial charge in [0.05, 0.1) is 13.5 Å². The second-order valence-electron chi connectivity index (χ2n) is 5.48. The van der Waals surface area contributed by atoms with Gasteiger partial charge in [-0.1, -0.05) is 23.5 Å². The second-order valence-corrected chi connectivity index (χ2v) is 6.45.